The van der Waals surface area contributed by atoms with Gasteiger partial charge < -0.3 is 10.2 Å². The molecule has 2 rings (SSSR count). The molecular weight excluding hydrogens is 357 g/mol. The zero-order valence-corrected chi connectivity index (χ0v) is 12.0. The molecule has 84 valence electrons. The summed E-state index contributed by atoms with van der Waals surface area (Å²) in [6.45, 7) is 0. The first kappa shape index (κ1) is 12.2. The third kappa shape index (κ3) is 2.51. The van der Waals surface area contributed by atoms with Crippen molar-refractivity contribution in [3.8, 4) is 0 Å². The lowest BCUT2D eigenvalue weighted by molar-refractivity contribution is 0.470. The minimum absolute atomic E-state index is 0.308. The van der Waals surface area contributed by atoms with Crippen LogP contribution in [0, 0.1) is 0 Å². The highest BCUT2D eigenvalue weighted by Gasteiger charge is 2.13. The van der Waals surface area contributed by atoms with E-state index in [1.807, 2.05) is 30.3 Å². The van der Waals surface area contributed by atoms with Crippen LogP contribution < -0.4 is 5.73 Å². The van der Waals surface area contributed by atoms with Crippen molar-refractivity contribution < 1.29 is 4.42 Å². The van der Waals surface area contributed by atoms with Gasteiger partial charge in [-0.2, -0.15) is 0 Å². The Morgan fingerprint density at radius 2 is 1.94 bits per heavy atom. The van der Waals surface area contributed by atoms with E-state index in [0.717, 1.165) is 10.0 Å². The van der Waals surface area contributed by atoms with Crippen LogP contribution in [0.5, 0.6) is 0 Å². The topological polar surface area (TPSA) is 39.2 Å². The summed E-state index contributed by atoms with van der Waals surface area (Å²) in [5.41, 5.74) is 6.97. The van der Waals surface area contributed by atoms with Crippen molar-refractivity contribution in [3.63, 3.8) is 0 Å². The smallest absolute Gasteiger partial charge is 0.169 e. The molecule has 0 amide bonds. The Hall–Kier alpha value is -0.290. The molecule has 1 aromatic heterocycles. The number of nitrogens with two attached hydrogens (primary N) is 1. The third-order valence-electron chi connectivity index (χ3n) is 2.20. The van der Waals surface area contributed by atoms with E-state index < -0.39 is 0 Å². The highest BCUT2D eigenvalue weighted by molar-refractivity contribution is 9.10. The second kappa shape index (κ2) is 4.92. The summed E-state index contributed by atoms with van der Waals surface area (Å²) in [7, 11) is 0. The highest BCUT2D eigenvalue weighted by atomic mass is 79.9. The average molecular weight is 365 g/mol. The maximum Gasteiger partial charge on any atom is 0.169 e. The molecule has 1 unspecified atom stereocenters. The van der Waals surface area contributed by atoms with E-state index in [9.17, 15) is 0 Å². The van der Waals surface area contributed by atoms with Gasteiger partial charge in [-0.25, -0.2) is 0 Å². The predicted molar refractivity (Wildman–Crippen MR) is 71.6 cm³/mol. The molecule has 0 fully saturated rings. The zero-order valence-electron chi connectivity index (χ0n) is 8.08. The number of furan rings is 1. The van der Waals surface area contributed by atoms with E-state index in [0.29, 0.717) is 15.5 Å². The van der Waals surface area contributed by atoms with Gasteiger partial charge in [0.2, 0.25) is 0 Å². The minimum Gasteiger partial charge on any atom is -0.452 e. The van der Waals surface area contributed by atoms with E-state index in [2.05, 4.69) is 31.9 Å². The lowest BCUT2D eigenvalue weighted by Gasteiger charge is -2.10. The van der Waals surface area contributed by atoms with Crippen LogP contribution >= 0.6 is 43.5 Å². The van der Waals surface area contributed by atoms with Gasteiger partial charge in [-0.1, -0.05) is 17.7 Å². The molecule has 0 radical (unpaired) electrons. The van der Waals surface area contributed by atoms with E-state index in [1.165, 1.54) is 0 Å². The SMILES string of the molecule is NC(c1ccc(Br)c(Cl)c1)c1ccc(Br)o1. The largest absolute Gasteiger partial charge is 0.452 e. The molecule has 0 aliphatic heterocycles. The Balaban J connectivity index is 2.33. The molecule has 1 heterocycles. The van der Waals surface area contributed by atoms with E-state index in [1.54, 1.807) is 0 Å². The number of rotatable bonds is 2. The Labute approximate surface area is 115 Å². The van der Waals surface area contributed by atoms with Crippen molar-refractivity contribution in [1.29, 1.82) is 0 Å². The Morgan fingerprint density at radius 3 is 2.50 bits per heavy atom. The van der Waals surface area contributed by atoms with Crippen molar-refractivity contribution in [2.24, 2.45) is 5.73 Å². The van der Waals surface area contributed by atoms with Crippen LogP contribution in [-0.4, -0.2) is 0 Å². The summed E-state index contributed by atoms with van der Waals surface area (Å²) in [5.74, 6) is 0.699. The molecule has 2 nitrogen and oxygen atoms in total. The normalized spacial score (nSPS) is 12.8. The van der Waals surface area contributed by atoms with Gasteiger partial charge in [0.05, 0.1) is 11.1 Å². The number of halogens is 3. The van der Waals surface area contributed by atoms with Crippen molar-refractivity contribution in [2.45, 2.75) is 6.04 Å². The molecule has 2 N–H and O–H groups in total. The first-order chi connectivity index (χ1) is 7.58. The molecule has 0 bridgehead atoms. The Morgan fingerprint density at radius 1 is 1.19 bits per heavy atom. The summed E-state index contributed by atoms with van der Waals surface area (Å²) in [4.78, 5) is 0. The summed E-state index contributed by atoms with van der Waals surface area (Å²) in [6.07, 6.45) is 0. The van der Waals surface area contributed by atoms with Crippen LogP contribution in [0.4, 0.5) is 0 Å². The highest BCUT2D eigenvalue weighted by Crippen LogP contribution is 2.29. The quantitative estimate of drug-likeness (QED) is 0.851. The molecular formula is C11H8Br2ClNO. The van der Waals surface area contributed by atoms with Gasteiger partial charge in [-0.05, 0) is 61.7 Å². The fourth-order valence-electron chi connectivity index (χ4n) is 1.37. The molecule has 16 heavy (non-hydrogen) atoms. The maximum absolute atomic E-state index is 6.06. The predicted octanol–water partition coefficient (Wildman–Crippen LogP) is 4.51. The van der Waals surface area contributed by atoms with E-state index in [4.69, 9.17) is 21.8 Å². The lowest BCUT2D eigenvalue weighted by Crippen LogP contribution is -2.10. The third-order valence-corrected chi connectivity index (χ3v) is 3.86. The number of hydrogen-bond acceptors (Lipinski definition) is 2. The van der Waals surface area contributed by atoms with Crippen molar-refractivity contribution >= 4 is 43.5 Å². The molecule has 0 aliphatic rings. The van der Waals surface area contributed by atoms with E-state index in [-0.39, 0.29) is 6.04 Å². The van der Waals surface area contributed by atoms with Gasteiger partial charge in [0.25, 0.3) is 0 Å². The van der Waals surface area contributed by atoms with Crippen molar-refractivity contribution in [1.82, 2.24) is 0 Å². The zero-order chi connectivity index (χ0) is 11.7. The van der Waals surface area contributed by atoms with Gasteiger partial charge in [0, 0.05) is 4.47 Å². The monoisotopic (exact) mass is 363 g/mol. The molecule has 5 heteroatoms. The fourth-order valence-corrected chi connectivity index (χ4v) is 2.12. The molecule has 2 aromatic rings. The molecule has 0 saturated carbocycles. The first-order valence-electron chi connectivity index (χ1n) is 4.53. The van der Waals surface area contributed by atoms with E-state index >= 15 is 0 Å². The Bertz CT molecular complexity index is 512. The summed E-state index contributed by atoms with van der Waals surface area (Å²) < 4.78 is 6.93. The van der Waals surface area contributed by atoms with Gasteiger partial charge in [0.15, 0.2) is 4.67 Å². The van der Waals surface area contributed by atoms with Gasteiger partial charge >= 0.3 is 0 Å². The van der Waals surface area contributed by atoms with Crippen molar-refractivity contribution in [3.05, 3.63) is 55.8 Å². The number of hydrogen-bond donors (Lipinski definition) is 1. The fraction of sp³-hybridized carbons (Fsp3) is 0.0909. The van der Waals surface area contributed by atoms with Crippen LogP contribution in [0.15, 0.2) is 43.9 Å². The molecule has 0 spiro atoms. The van der Waals surface area contributed by atoms with Crippen LogP contribution in [-0.2, 0) is 0 Å². The lowest BCUT2D eigenvalue weighted by atomic mass is 10.1. The second-order valence-electron chi connectivity index (χ2n) is 3.29. The molecule has 0 aliphatic carbocycles. The molecule has 1 atom stereocenters. The van der Waals surface area contributed by atoms with Crippen LogP contribution in [0.3, 0.4) is 0 Å². The van der Waals surface area contributed by atoms with Crippen LogP contribution in [0.25, 0.3) is 0 Å². The summed E-state index contributed by atoms with van der Waals surface area (Å²) in [5, 5.41) is 0.638. The Kier molecular flexibility index (Phi) is 3.74. The van der Waals surface area contributed by atoms with Crippen LogP contribution in [0.2, 0.25) is 5.02 Å². The standard InChI is InChI=1S/C11H8Br2ClNO/c12-7-2-1-6(5-8(7)14)11(15)9-3-4-10(13)16-9/h1-5,11H,15H2. The van der Waals surface area contributed by atoms with Gasteiger partial charge in [0.1, 0.15) is 5.76 Å². The molecule has 1 aromatic carbocycles. The summed E-state index contributed by atoms with van der Waals surface area (Å²) >= 11 is 12.6. The number of benzene rings is 1. The van der Waals surface area contributed by atoms with Crippen LogP contribution in [0.1, 0.15) is 17.4 Å². The summed E-state index contributed by atoms with van der Waals surface area (Å²) in [6, 6.07) is 8.96. The van der Waals surface area contributed by atoms with Crippen molar-refractivity contribution in [2.75, 3.05) is 0 Å². The first-order valence-corrected chi connectivity index (χ1v) is 6.50. The van der Waals surface area contributed by atoms with Gasteiger partial charge in [-0.15, -0.1) is 0 Å². The molecule has 0 saturated heterocycles. The minimum atomic E-state index is -0.308. The van der Waals surface area contributed by atoms with Gasteiger partial charge in [-0.3, -0.25) is 0 Å². The maximum atomic E-state index is 6.06. The second-order valence-corrected chi connectivity index (χ2v) is 5.34. The average Bonchev–Trinajstić information content (AvgIpc) is 2.68.